The van der Waals surface area contributed by atoms with Crippen LogP contribution in [0.15, 0.2) is 36.8 Å². The average molecular weight is 279 g/mol. The van der Waals surface area contributed by atoms with E-state index < -0.39 is 19.1 Å². The summed E-state index contributed by atoms with van der Waals surface area (Å²) in [4.78, 5) is 0. The van der Waals surface area contributed by atoms with Gasteiger partial charge in [0, 0.05) is 0 Å². The van der Waals surface area contributed by atoms with Gasteiger partial charge in [0.05, 0.1) is 0 Å². The zero-order chi connectivity index (χ0) is 11.8. The van der Waals surface area contributed by atoms with Gasteiger partial charge in [-0.25, -0.2) is 0 Å². The predicted molar refractivity (Wildman–Crippen MR) is 68.1 cm³/mol. The molecule has 0 spiro atoms. The Labute approximate surface area is 99.6 Å². The van der Waals surface area contributed by atoms with Crippen molar-refractivity contribution < 1.29 is 9.47 Å². The van der Waals surface area contributed by atoms with Crippen molar-refractivity contribution in [1.82, 2.24) is 0 Å². The molecule has 0 aliphatic carbocycles. The van der Waals surface area contributed by atoms with Crippen LogP contribution in [0.25, 0.3) is 0 Å². The van der Waals surface area contributed by atoms with E-state index >= 15 is 0 Å². The Bertz CT molecular complexity index is 410. The molecule has 0 atom stereocenters. The van der Waals surface area contributed by atoms with Crippen molar-refractivity contribution in [3.63, 3.8) is 0 Å². The van der Waals surface area contributed by atoms with E-state index in [1.54, 1.807) is 12.5 Å². The van der Waals surface area contributed by atoms with Crippen LogP contribution in [-0.2, 0) is 15.3 Å². The maximum atomic E-state index is 5.51. The van der Waals surface area contributed by atoms with Gasteiger partial charge < -0.3 is 0 Å². The van der Waals surface area contributed by atoms with Crippen molar-refractivity contribution in [2.24, 2.45) is 0 Å². The van der Waals surface area contributed by atoms with Crippen molar-refractivity contribution in [1.29, 1.82) is 0 Å². The molecule has 16 heavy (non-hydrogen) atoms. The molecule has 1 aromatic carbocycles. The minimum atomic E-state index is -1.78. The second kappa shape index (κ2) is 3.84. The fraction of sp³-hybridized carbons (Fsp3) is 0.385. The molecule has 0 fully saturated rings. The van der Waals surface area contributed by atoms with Crippen molar-refractivity contribution in [3.8, 4) is 0 Å². The molecule has 1 aromatic rings. The van der Waals surface area contributed by atoms with E-state index in [0.29, 0.717) is 0 Å². The van der Waals surface area contributed by atoms with Crippen molar-refractivity contribution in [2.45, 2.75) is 30.0 Å². The molecule has 0 amide bonds. The van der Waals surface area contributed by atoms with E-state index in [1.165, 1.54) is 4.40 Å². The molecule has 0 N–H and O–H groups in total. The average Bonchev–Trinajstić information content (AvgIpc) is 2.66. The second-order valence-electron chi connectivity index (χ2n) is 5.28. The van der Waals surface area contributed by atoms with Crippen molar-refractivity contribution >= 4 is 17.7 Å². The summed E-state index contributed by atoms with van der Waals surface area (Å²) >= 11 is -1.78. The molecule has 1 aliphatic rings. The first-order chi connectivity index (χ1) is 7.42. The summed E-state index contributed by atoms with van der Waals surface area (Å²) in [6.45, 7) is 1.95. The minimum absolute atomic E-state index is 0.635. The monoisotopic (exact) mass is 280 g/mol. The molecule has 0 bridgehead atoms. The summed E-state index contributed by atoms with van der Waals surface area (Å²) in [5.41, 5.74) is 1.09. The molecular weight excluding hydrogens is 261 g/mol. The number of benzene rings is 1. The third-order valence-electron chi connectivity index (χ3n) is 2.89. The van der Waals surface area contributed by atoms with Gasteiger partial charge in [0.2, 0.25) is 0 Å². The molecule has 2 nitrogen and oxygen atoms in total. The van der Waals surface area contributed by atoms with E-state index in [2.05, 4.69) is 41.5 Å². The van der Waals surface area contributed by atoms with Crippen LogP contribution in [-0.4, -0.2) is 13.3 Å². The summed E-state index contributed by atoms with van der Waals surface area (Å²) in [6.07, 6.45) is 3.20. The first-order valence-corrected chi connectivity index (χ1v) is 12.9. The zero-order valence-corrected chi connectivity index (χ0v) is 12.4. The van der Waals surface area contributed by atoms with E-state index in [4.69, 9.17) is 9.47 Å². The van der Waals surface area contributed by atoms with E-state index in [-0.39, 0.29) is 0 Å². The number of ether oxygens (including phenoxy) is 2. The summed E-state index contributed by atoms with van der Waals surface area (Å²) in [7, 11) is 0. The number of hydrogen-bond donors (Lipinski definition) is 0. The molecule has 0 unspecified atom stereocenters. The number of rotatable bonds is 2. The van der Waals surface area contributed by atoms with Crippen molar-refractivity contribution in [3.05, 3.63) is 42.4 Å². The fourth-order valence-electron chi connectivity index (χ4n) is 1.75. The van der Waals surface area contributed by atoms with E-state index in [9.17, 15) is 0 Å². The fourth-order valence-corrected chi connectivity index (χ4v) is 4.23. The van der Waals surface area contributed by atoms with Crippen LogP contribution in [0.3, 0.4) is 0 Å². The Balaban J connectivity index is 2.36. The predicted octanol–water partition coefficient (Wildman–Crippen LogP) is 2.92. The summed E-state index contributed by atoms with van der Waals surface area (Å²) in [5, 5.41) is 0. The van der Waals surface area contributed by atoms with Gasteiger partial charge in [0.25, 0.3) is 0 Å². The van der Waals surface area contributed by atoms with Crippen LogP contribution in [0.1, 0.15) is 12.5 Å². The van der Waals surface area contributed by atoms with Crippen LogP contribution in [0.4, 0.5) is 0 Å². The first kappa shape index (κ1) is 11.6. The second-order valence-corrected chi connectivity index (χ2v) is 15.9. The SMILES string of the molecule is CC1(c2ccc[c]([Ge]([CH3])([CH3])[CH3])c2)OC=CO1. The maximum absolute atomic E-state index is 5.51. The van der Waals surface area contributed by atoms with E-state index in [0.717, 1.165) is 5.56 Å². The molecule has 3 heteroatoms. The van der Waals surface area contributed by atoms with Gasteiger partial charge in [-0.2, -0.15) is 0 Å². The molecule has 0 radical (unpaired) electrons. The Kier molecular flexibility index (Phi) is 2.78. The summed E-state index contributed by atoms with van der Waals surface area (Å²) in [6, 6.07) is 8.60. The molecule has 86 valence electrons. The third-order valence-corrected chi connectivity index (χ3v) is 7.18. The normalized spacial score (nSPS) is 18.0. The Morgan fingerprint density at radius 2 is 1.69 bits per heavy atom. The molecular formula is C13H18GeO2. The van der Waals surface area contributed by atoms with Crippen LogP contribution in [0, 0.1) is 0 Å². The van der Waals surface area contributed by atoms with Gasteiger partial charge >= 0.3 is 99.5 Å². The molecule has 2 rings (SSSR count). The zero-order valence-electron chi connectivity index (χ0n) is 10.3. The third kappa shape index (κ3) is 2.12. The van der Waals surface area contributed by atoms with Gasteiger partial charge in [-0.05, 0) is 0 Å². The molecule has 1 aliphatic heterocycles. The van der Waals surface area contributed by atoms with Gasteiger partial charge in [-0.3, -0.25) is 0 Å². The standard InChI is InChI=1S/C13H18GeO2/c1-13(15-8-9-16-13)11-6-5-7-12(10-11)14(2,3)4/h5-10H,1-4H3. The molecule has 0 aromatic heterocycles. The Morgan fingerprint density at radius 3 is 2.25 bits per heavy atom. The summed E-state index contributed by atoms with van der Waals surface area (Å²) < 4.78 is 12.5. The molecule has 0 saturated heterocycles. The van der Waals surface area contributed by atoms with Gasteiger partial charge in [-0.15, -0.1) is 0 Å². The quantitative estimate of drug-likeness (QED) is 0.775. The van der Waals surface area contributed by atoms with Crippen LogP contribution in [0.5, 0.6) is 0 Å². The van der Waals surface area contributed by atoms with E-state index in [1.807, 2.05) is 6.92 Å². The molecule has 1 heterocycles. The van der Waals surface area contributed by atoms with Crippen LogP contribution >= 0.6 is 0 Å². The van der Waals surface area contributed by atoms with Crippen LogP contribution < -0.4 is 4.40 Å². The Morgan fingerprint density at radius 1 is 1.06 bits per heavy atom. The summed E-state index contributed by atoms with van der Waals surface area (Å²) in [5.74, 6) is 6.52. The van der Waals surface area contributed by atoms with Crippen molar-refractivity contribution in [2.75, 3.05) is 0 Å². The molecule has 0 saturated carbocycles. The Hall–Kier alpha value is -0.897. The first-order valence-electron chi connectivity index (χ1n) is 5.53. The number of hydrogen-bond acceptors (Lipinski definition) is 2. The van der Waals surface area contributed by atoms with Gasteiger partial charge in [-0.1, -0.05) is 0 Å². The van der Waals surface area contributed by atoms with Crippen LogP contribution in [0.2, 0.25) is 17.3 Å². The topological polar surface area (TPSA) is 18.5 Å². The van der Waals surface area contributed by atoms with Gasteiger partial charge in [0.1, 0.15) is 0 Å². The van der Waals surface area contributed by atoms with Gasteiger partial charge in [0.15, 0.2) is 0 Å².